The van der Waals surface area contributed by atoms with Crippen molar-refractivity contribution in [3.63, 3.8) is 0 Å². The number of carboxylic acid groups (broad SMARTS) is 1. The first-order chi connectivity index (χ1) is 9.95. The number of halogens is 2. The van der Waals surface area contributed by atoms with Gasteiger partial charge < -0.3 is 15.2 Å². The number of hydrogen-bond acceptors (Lipinski definition) is 4. The monoisotopic (exact) mass is 319 g/mol. The van der Waals surface area contributed by atoms with Crippen LogP contribution in [0.4, 0.5) is 8.78 Å². The van der Waals surface area contributed by atoms with Crippen LogP contribution in [0.25, 0.3) is 0 Å². The molecule has 0 fully saturated rings. The number of thioether (sulfide) groups is 1. The van der Waals surface area contributed by atoms with Crippen LogP contribution in [0.15, 0.2) is 24.3 Å². The largest absolute Gasteiger partial charge is 0.480 e. The van der Waals surface area contributed by atoms with Gasteiger partial charge in [0.1, 0.15) is 11.8 Å². The van der Waals surface area contributed by atoms with E-state index in [0.29, 0.717) is 5.75 Å². The molecule has 0 spiro atoms. The molecule has 0 aliphatic rings. The molecule has 116 valence electrons. The lowest BCUT2D eigenvalue weighted by atomic mass is 10.1. The lowest BCUT2D eigenvalue weighted by Crippen LogP contribution is -2.41. The van der Waals surface area contributed by atoms with Crippen LogP contribution >= 0.6 is 11.8 Å². The highest BCUT2D eigenvalue weighted by Gasteiger charge is 2.22. The highest BCUT2D eigenvalue weighted by Crippen LogP contribution is 2.20. The number of nitrogens with one attached hydrogen (secondary N) is 1. The fourth-order valence-electron chi connectivity index (χ4n) is 1.58. The second kappa shape index (κ2) is 8.46. The topological polar surface area (TPSA) is 75.6 Å². The Labute approximate surface area is 124 Å². The molecule has 0 aliphatic carbocycles. The first-order valence-corrected chi connectivity index (χ1v) is 7.41. The van der Waals surface area contributed by atoms with Gasteiger partial charge in [0.05, 0.1) is 5.56 Å². The van der Waals surface area contributed by atoms with Crippen LogP contribution in [-0.2, 0) is 4.79 Å². The van der Waals surface area contributed by atoms with Crippen molar-refractivity contribution in [2.75, 3.05) is 12.0 Å². The number of benzene rings is 1. The highest BCUT2D eigenvalue weighted by molar-refractivity contribution is 7.98. The van der Waals surface area contributed by atoms with E-state index in [0.717, 1.165) is 0 Å². The molecule has 1 aromatic carbocycles. The Morgan fingerprint density at radius 3 is 2.62 bits per heavy atom. The Morgan fingerprint density at radius 1 is 1.38 bits per heavy atom. The van der Waals surface area contributed by atoms with Crippen molar-refractivity contribution in [2.24, 2.45) is 0 Å². The van der Waals surface area contributed by atoms with Gasteiger partial charge in [0.15, 0.2) is 0 Å². The number of ether oxygens (including phenoxy) is 1. The summed E-state index contributed by atoms with van der Waals surface area (Å²) in [5.41, 5.74) is -0.131. The number of para-hydroxylation sites is 1. The molecule has 0 bridgehead atoms. The molecule has 1 atom stereocenters. The number of carbonyl (C=O) groups excluding carboxylic acids is 1. The summed E-state index contributed by atoms with van der Waals surface area (Å²) in [5, 5.41) is 11.3. The van der Waals surface area contributed by atoms with Gasteiger partial charge in [0, 0.05) is 0 Å². The fraction of sp³-hybridized carbons (Fsp3) is 0.385. The van der Waals surface area contributed by atoms with Gasteiger partial charge in [-0.15, -0.1) is 0 Å². The van der Waals surface area contributed by atoms with E-state index in [1.54, 1.807) is 0 Å². The van der Waals surface area contributed by atoms with Gasteiger partial charge in [-0.1, -0.05) is 12.1 Å². The molecule has 0 saturated carbocycles. The Hall–Kier alpha value is -1.83. The van der Waals surface area contributed by atoms with E-state index in [4.69, 9.17) is 5.11 Å². The van der Waals surface area contributed by atoms with Crippen molar-refractivity contribution < 1.29 is 28.2 Å². The average molecular weight is 319 g/mol. The van der Waals surface area contributed by atoms with Crippen LogP contribution in [0.1, 0.15) is 16.8 Å². The first kappa shape index (κ1) is 17.2. The van der Waals surface area contributed by atoms with Crippen LogP contribution in [-0.4, -0.2) is 41.6 Å². The van der Waals surface area contributed by atoms with E-state index in [1.807, 2.05) is 6.26 Å². The average Bonchev–Trinajstić information content (AvgIpc) is 2.42. The van der Waals surface area contributed by atoms with Crippen LogP contribution in [0, 0.1) is 0 Å². The quantitative estimate of drug-likeness (QED) is 0.768. The van der Waals surface area contributed by atoms with E-state index < -0.39 is 24.5 Å². The minimum atomic E-state index is -3.06. The van der Waals surface area contributed by atoms with Crippen molar-refractivity contribution in [1.82, 2.24) is 5.32 Å². The minimum absolute atomic E-state index is 0.131. The van der Waals surface area contributed by atoms with Gasteiger partial charge in [-0.2, -0.15) is 20.5 Å². The Kier molecular flexibility index (Phi) is 6.93. The molecule has 5 nitrogen and oxygen atoms in total. The van der Waals surface area contributed by atoms with Gasteiger partial charge in [0.2, 0.25) is 0 Å². The smallest absolute Gasteiger partial charge is 0.387 e. The highest BCUT2D eigenvalue weighted by atomic mass is 32.2. The van der Waals surface area contributed by atoms with Gasteiger partial charge in [-0.05, 0) is 30.6 Å². The van der Waals surface area contributed by atoms with Crippen LogP contribution in [0.2, 0.25) is 0 Å². The zero-order valence-corrected chi connectivity index (χ0v) is 12.0. The van der Waals surface area contributed by atoms with E-state index in [1.165, 1.54) is 36.0 Å². The minimum Gasteiger partial charge on any atom is -0.480 e. The Morgan fingerprint density at radius 2 is 2.05 bits per heavy atom. The summed E-state index contributed by atoms with van der Waals surface area (Å²) < 4.78 is 28.8. The molecule has 0 radical (unpaired) electrons. The maximum atomic E-state index is 12.3. The van der Waals surface area contributed by atoms with Crippen molar-refractivity contribution in [1.29, 1.82) is 0 Å². The van der Waals surface area contributed by atoms with Crippen LogP contribution in [0.3, 0.4) is 0 Å². The van der Waals surface area contributed by atoms with Crippen molar-refractivity contribution in [2.45, 2.75) is 19.1 Å². The second-order valence-corrected chi connectivity index (χ2v) is 5.01. The van der Waals surface area contributed by atoms with Crippen LogP contribution in [0.5, 0.6) is 5.75 Å². The lowest BCUT2D eigenvalue weighted by molar-refractivity contribution is -0.139. The van der Waals surface area contributed by atoms with Crippen molar-refractivity contribution in [3.8, 4) is 5.75 Å². The normalized spacial score (nSPS) is 12.0. The van der Waals surface area contributed by atoms with Gasteiger partial charge >= 0.3 is 12.6 Å². The SMILES string of the molecule is CSCCC(NC(=O)c1ccccc1OC(F)F)C(=O)O. The maximum absolute atomic E-state index is 12.3. The zero-order chi connectivity index (χ0) is 15.8. The number of hydrogen-bond donors (Lipinski definition) is 2. The third kappa shape index (κ3) is 5.58. The van der Waals surface area contributed by atoms with Gasteiger partial charge in [-0.25, -0.2) is 4.79 Å². The third-order valence-electron chi connectivity index (χ3n) is 2.56. The second-order valence-electron chi connectivity index (χ2n) is 4.02. The third-order valence-corrected chi connectivity index (χ3v) is 3.21. The fourth-order valence-corrected chi connectivity index (χ4v) is 2.05. The number of amides is 1. The summed E-state index contributed by atoms with van der Waals surface area (Å²) >= 11 is 1.44. The van der Waals surface area contributed by atoms with E-state index in [9.17, 15) is 18.4 Å². The van der Waals surface area contributed by atoms with Gasteiger partial charge in [0.25, 0.3) is 5.91 Å². The summed E-state index contributed by atoms with van der Waals surface area (Å²) in [6, 6.07) is 4.35. The predicted octanol–water partition coefficient (Wildman–Crippen LogP) is 2.22. The number of alkyl halides is 2. The molecule has 1 aromatic rings. The van der Waals surface area contributed by atoms with Crippen LogP contribution < -0.4 is 10.1 Å². The molecule has 0 aliphatic heterocycles. The number of carbonyl (C=O) groups is 2. The summed E-state index contributed by atoms with van der Waals surface area (Å²) in [6.45, 7) is -3.06. The van der Waals surface area contributed by atoms with Crippen molar-refractivity contribution >= 4 is 23.6 Å². The molecule has 1 rings (SSSR count). The molecule has 21 heavy (non-hydrogen) atoms. The number of rotatable bonds is 8. The summed E-state index contributed by atoms with van der Waals surface area (Å²) in [4.78, 5) is 23.1. The summed E-state index contributed by atoms with van der Waals surface area (Å²) in [5.74, 6) is -1.68. The number of aliphatic carboxylic acids is 1. The van der Waals surface area contributed by atoms with Gasteiger partial charge in [-0.3, -0.25) is 4.79 Å². The zero-order valence-electron chi connectivity index (χ0n) is 11.2. The Balaban J connectivity index is 2.84. The molecular formula is C13H15F2NO4S. The van der Waals surface area contributed by atoms with E-state index in [-0.39, 0.29) is 17.7 Å². The van der Waals surface area contributed by atoms with Crippen molar-refractivity contribution in [3.05, 3.63) is 29.8 Å². The summed E-state index contributed by atoms with van der Waals surface area (Å²) in [7, 11) is 0. The molecule has 0 aromatic heterocycles. The Bertz CT molecular complexity index is 499. The molecular weight excluding hydrogens is 304 g/mol. The predicted molar refractivity (Wildman–Crippen MR) is 75.0 cm³/mol. The van der Waals surface area contributed by atoms with E-state index in [2.05, 4.69) is 10.1 Å². The van der Waals surface area contributed by atoms with E-state index >= 15 is 0 Å². The maximum Gasteiger partial charge on any atom is 0.387 e. The molecule has 2 N–H and O–H groups in total. The molecule has 0 saturated heterocycles. The molecule has 0 heterocycles. The molecule has 8 heteroatoms. The lowest BCUT2D eigenvalue weighted by Gasteiger charge is -2.15. The number of carboxylic acids is 1. The molecule has 1 amide bonds. The molecule has 1 unspecified atom stereocenters. The standard InChI is InChI=1S/C13H15F2NO4S/c1-21-7-6-9(12(18)19)16-11(17)8-4-2-3-5-10(8)20-13(14)15/h2-5,9,13H,6-7H2,1H3,(H,16,17)(H,18,19). The summed E-state index contributed by atoms with van der Waals surface area (Å²) in [6.07, 6.45) is 2.05. The first-order valence-electron chi connectivity index (χ1n) is 6.02.